The van der Waals surface area contributed by atoms with Crippen molar-refractivity contribution in [2.45, 2.75) is 44.6 Å². The molecule has 0 amide bonds. The normalized spacial score (nSPS) is 34.9. The van der Waals surface area contributed by atoms with Crippen molar-refractivity contribution >= 4 is 21.7 Å². The number of benzene rings is 1. The van der Waals surface area contributed by atoms with Crippen LogP contribution >= 0.6 is 15.9 Å². The van der Waals surface area contributed by atoms with E-state index in [1.807, 2.05) is 19.1 Å². The molecule has 0 aliphatic heterocycles. The summed E-state index contributed by atoms with van der Waals surface area (Å²) in [6.45, 7) is 1.88. The Morgan fingerprint density at radius 3 is 2.56 bits per heavy atom. The van der Waals surface area contributed by atoms with Gasteiger partial charge in [0.1, 0.15) is 0 Å². The van der Waals surface area contributed by atoms with Crippen LogP contribution in [0.2, 0.25) is 0 Å². The number of fused-ring (bicyclic) bond motifs is 1. The van der Waals surface area contributed by atoms with E-state index in [2.05, 4.69) is 22.0 Å². The number of carbonyl (C=O) groups excluding carboxylic acids is 1. The zero-order chi connectivity index (χ0) is 13.0. The average molecular weight is 309 g/mol. The Morgan fingerprint density at radius 2 is 1.89 bits per heavy atom. The molecule has 0 heterocycles. The van der Waals surface area contributed by atoms with Gasteiger partial charge in [-0.2, -0.15) is 0 Å². The van der Waals surface area contributed by atoms with Crippen LogP contribution in [0.4, 0.5) is 0 Å². The van der Waals surface area contributed by atoms with Crippen LogP contribution in [0.25, 0.3) is 0 Å². The molecule has 1 aromatic rings. The number of ketones is 1. The minimum Gasteiger partial charge on any atom is -0.390 e. The van der Waals surface area contributed by atoms with Crippen molar-refractivity contribution in [3.8, 4) is 0 Å². The molecule has 1 aromatic carbocycles. The van der Waals surface area contributed by atoms with E-state index >= 15 is 0 Å². The summed E-state index contributed by atoms with van der Waals surface area (Å²) in [5, 5.41) is 10.0. The lowest BCUT2D eigenvalue weighted by Crippen LogP contribution is -2.40. The summed E-state index contributed by atoms with van der Waals surface area (Å²) < 4.78 is 0.967. The number of Topliss-reactive ketones (excluding diaryl/α,β-unsaturated/α-hetero) is 1. The molecule has 0 atom stereocenters. The van der Waals surface area contributed by atoms with Gasteiger partial charge in [-0.1, -0.05) is 22.0 Å². The van der Waals surface area contributed by atoms with Gasteiger partial charge < -0.3 is 5.11 Å². The van der Waals surface area contributed by atoms with Crippen LogP contribution in [0.5, 0.6) is 0 Å². The van der Waals surface area contributed by atoms with E-state index in [0.717, 1.165) is 42.1 Å². The largest absolute Gasteiger partial charge is 0.390 e. The zero-order valence-corrected chi connectivity index (χ0v) is 12.1. The van der Waals surface area contributed by atoms with Crippen LogP contribution in [0.3, 0.4) is 0 Å². The van der Waals surface area contributed by atoms with Crippen LogP contribution in [0.15, 0.2) is 22.7 Å². The summed E-state index contributed by atoms with van der Waals surface area (Å²) in [6.07, 6.45) is 3.93. The lowest BCUT2D eigenvalue weighted by molar-refractivity contribution is -0.0114. The minimum absolute atomic E-state index is 0.231. The predicted molar refractivity (Wildman–Crippen MR) is 73.7 cm³/mol. The second-order valence-corrected chi connectivity index (χ2v) is 7.00. The number of halogens is 1. The number of carbonyl (C=O) groups is 1. The van der Waals surface area contributed by atoms with Gasteiger partial charge in [-0.05, 0) is 56.7 Å². The summed E-state index contributed by atoms with van der Waals surface area (Å²) in [5.41, 5.74) is 1.24. The molecule has 1 fully saturated rings. The number of hydrogen-bond donors (Lipinski definition) is 1. The topological polar surface area (TPSA) is 37.3 Å². The summed E-state index contributed by atoms with van der Waals surface area (Å²) in [4.78, 5) is 12.6. The molecular formula is C15H17BrO2. The maximum absolute atomic E-state index is 12.6. The molecule has 0 unspecified atom stereocenters. The standard InChI is InChI=1S/C15H17BrO2/c1-14(18)4-6-15(7-5-14)9-10-2-3-11(16)8-12(10)13(15)17/h2-3,8,18H,4-7,9H2,1H3/t14-,15-. The Hall–Kier alpha value is -0.670. The molecule has 3 rings (SSSR count). The monoisotopic (exact) mass is 308 g/mol. The van der Waals surface area contributed by atoms with Crippen molar-refractivity contribution in [1.29, 1.82) is 0 Å². The van der Waals surface area contributed by atoms with Crippen LogP contribution in [-0.4, -0.2) is 16.5 Å². The smallest absolute Gasteiger partial charge is 0.169 e. The Bertz CT molecular complexity index is 509. The maximum Gasteiger partial charge on any atom is 0.169 e. The number of rotatable bonds is 0. The van der Waals surface area contributed by atoms with E-state index < -0.39 is 5.60 Å². The Balaban J connectivity index is 1.93. The second-order valence-electron chi connectivity index (χ2n) is 6.08. The molecule has 0 radical (unpaired) electrons. The third kappa shape index (κ3) is 1.84. The fourth-order valence-electron chi connectivity index (χ4n) is 3.32. The van der Waals surface area contributed by atoms with Crippen molar-refractivity contribution in [3.63, 3.8) is 0 Å². The molecule has 3 heteroatoms. The average Bonchev–Trinajstić information content (AvgIpc) is 2.58. The first kappa shape index (κ1) is 12.4. The Morgan fingerprint density at radius 1 is 1.22 bits per heavy atom. The Kier molecular flexibility index (Phi) is 2.69. The molecule has 2 aliphatic rings. The van der Waals surface area contributed by atoms with Gasteiger partial charge in [0.05, 0.1) is 5.60 Å². The van der Waals surface area contributed by atoms with E-state index in [1.165, 1.54) is 5.56 Å². The fourth-order valence-corrected chi connectivity index (χ4v) is 3.68. The Labute approximate surface area is 116 Å². The van der Waals surface area contributed by atoms with Crippen LogP contribution in [0, 0.1) is 5.41 Å². The van der Waals surface area contributed by atoms with Crippen molar-refractivity contribution in [3.05, 3.63) is 33.8 Å². The SMILES string of the molecule is C[C@]1(O)CC[C@]2(CC1)Cc1ccc(Br)cc1C2=O. The van der Waals surface area contributed by atoms with E-state index in [9.17, 15) is 9.90 Å². The fraction of sp³-hybridized carbons (Fsp3) is 0.533. The molecular weight excluding hydrogens is 292 g/mol. The number of hydrogen-bond acceptors (Lipinski definition) is 2. The van der Waals surface area contributed by atoms with Gasteiger partial charge in [0.2, 0.25) is 0 Å². The van der Waals surface area contributed by atoms with Crippen LogP contribution in [0.1, 0.15) is 48.5 Å². The first-order chi connectivity index (χ1) is 8.42. The van der Waals surface area contributed by atoms with Crippen molar-refractivity contribution in [2.75, 3.05) is 0 Å². The molecule has 1 N–H and O–H groups in total. The molecule has 0 saturated heterocycles. The van der Waals surface area contributed by atoms with Crippen molar-refractivity contribution in [1.82, 2.24) is 0 Å². The third-order valence-corrected chi connectivity index (χ3v) is 5.10. The van der Waals surface area contributed by atoms with Gasteiger partial charge in [0, 0.05) is 15.5 Å². The van der Waals surface area contributed by atoms with Gasteiger partial charge in [0.25, 0.3) is 0 Å². The highest BCUT2D eigenvalue weighted by Crippen LogP contribution is 2.49. The molecule has 96 valence electrons. The van der Waals surface area contributed by atoms with E-state index in [-0.39, 0.29) is 11.2 Å². The van der Waals surface area contributed by atoms with E-state index in [0.29, 0.717) is 0 Å². The summed E-state index contributed by atoms with van der Waals surface area (Å²) in [7, 11) is 0. The third-order valence-electron chi connectivity index (χ3n) is 4.61. The van der Waals surface area contributed by atoms with Gasteiger partial charge in [-0.3, -0.25) is 4.79 Å². The lowest BCUT2D eigenvalue weighted by Gasteiger charge is -2.39. The molecule has 18 heavy (non-hydrogen) atoms. The van der Waals surface area contributed by atoms with E-state index in [1.54, 1.807) is 0 Å². The second kappa shape index (κ2) is 3.91. The molecule has 0 aromatic heterocycles. The predicted octanol–water partition coefficient (Wildman–Crippen LogP) is 3.50. The molecule has 1 spiro atoms. The minimum atomic E-state index is -0.582. The van der Waals surface area contributed by atoms with E-state index in [4.69, 9.17) is 0 Å². The molecule has 2 aliphatic carbocycles. The first-order valence-corrected chi connectivity index (χ1v) is 7.27. The molecule has 2 nitrogen and oxygen atoms in total. The van der Waals surface area contributed by atoms with Crippen LogP contribution in [-0.2, 0) is 6.42 Å². The summed E-state index contributed by atoms with van der Waals surface area (Å²) in [5.74, 6) is 0.286. The molecule has 0 bridgehead atoms. The number of aliphatic hydroxyl groups is 1. The highest BCUT2D eigenvalue weighted by atomic mass is 79.9. The van der Waals surface area contributed by atoms with Crippen LogP contribution < -0.4 is 0 Å². The van der Waals surface area contributed by atoms with Gasteiger partial charge >= 0.3 is 0 Å². The maximum atomic E-state index is 12.6. The quantitative estimate of drug-likeness (QED) is 0.796. The zero-order valence-electron chi connectivity index (χ0n) is 10.5. The van der Waals surface area contributed by atoms with Crippen molar-refractivity contribution in [2.24, 2.45) is 5.41 Å². The highest BCUT2D eigenvalue weighted by Gasteiger charge is 2.49. The van der Waals surface area contributed by atoms with Gasteiger partial charge in [-0.15, -0.1) is 0 Å². The van der Waals surface area contributed by atoms with Gasteiger partial charge in [0.15, 0.2) is 5.78 Å². The molecule has 1 saturated carbocycles. The summed E-state index contributed by atoms with van der Waals surface area (Å²) >= 11 is 3.43. The van der Waals surface area contributed by atoms with Gasteiger partial charge in [-0.25, -0.2) is 0 Å². The highest BCUT2D eigenvalue weighted by molar-refractivity contribution is 9.10. The lowest BCUT2D eigenvalue weighted by atomic mass is 9.67. The van der Waals surface area contributed by atoms with Crippen molar-refractivity contribution < 1.29 is 9.90 Å². The first-order valence-electron chi connectivity index (χ1n) is 6.48. The summed E-state index contributed by atoms with van der Waals surface area (Å²) in [6, 6.07) is 6.00.